The molecule has 14 nitrogen and oxygen atoms in total. The number of benzene rings is 2. The number of aromatic amines is 1. The molecule has 2 fully saturated rings. The van der Waals surface area contributed by atoms with Crippen LogP contribution in [0, 0.1) is 5.92 Å². The molecule has 8 N–H and O–H groups in total. The van der Waals surface area contributed by atoms with Gasteiger partial charge in [0, 0.05) is 47.1 Å². The number of carbonyl (C=O) groups excluding carboxylic acids is 6. The largest absolute Gasteiger partial charge is 0.370 e. The van der Waals surface area contributed by atoms with Crippen molar-refractivity contribution in [2.75, 3.05) is 18.8 Å². The lowest BCUT2D eigenvalue weighted by molar-refractivity contribution is -0.135. The highest BCUT2D eigenvalue weighted by atomic mass is 32.2. The lowest BCUT2D eigenvalue weighted by atomic mass is 10.0. The first-order valence-corrected chi connectivity index (χ1v) is 19.6. The van der Waals surface area contributed by atoms with E-state index in [1.807, 2.05) is 73.3 Å². The van der Waals surface area contributed by atoms with Crippen LogP contribution in [0.25, 0.3) is 10.9 Å². The summed E-state index contributed by atoms with van der Waals surface area (Å²) in [5, 5.41) is 15.2. The van der Waals surface area contributed by atoms with Crippen LogP contribution in [0.5, 0.6) is 0 Å². The number of amides is 6. The van der Waals surface area contributed by atoms with Crippen molar-refractivity contribution in [2.45, 2.75) is 100 Å². The van der Waals surface area contributed by atoms with Crippen LogP contribution >= 0.6 is 11.8 Å². The summed E-state index contributed by atoms with van der Waals surface area (Å²) < 4.78 is 0. The molecule has 5 rings (SSSR count). The summed E-state index contributed by atoms with van der Waals surface area (Å²) in [6.45, 7) is 6.35. The molecule has 2 saturated heterocycles. The number of nitrogens with one attached hydrogen (secondary N) is 6. The number of hydrogen-bond acceptors (Lipinski definition) is 8. The van der Waals surface area contributed by atoms with Crippen molar-refractivity contribution in [3.63, 3.8) is 0 Å². The normalized spacial score (nSPS) is 25.1. The molecule has 2 aromatic carbocycles. The number of H-pyrrole nitrogens is 1. The number of aromatic nitrogens is 1. The Morgan fingerprint density at radius 3 is 2.24 bits per heavy atom. The van der Waals surface area contributed by atoms with Crippen LogP contribution in [0.1, 0.15) is 58.4 Å². The van der Waals surface area contributed by atoms with Gasteiger partial charge in [0.25, 0.3) is 0 Å². The van der Waals surface area contributed by atoms with Crippen molar-refractivity contribution in [1.29, 1.82) is 0 Å². The number of primary amides is 1. The summed E-state index contributed by atoms with van der Waals surface area (Å²) >= 11 is 1.54. The Labute approximate surface area is 319 Å². The highest BCUT2D eigenvalue weighted by molar-refractivity contribution is 7.99. The lowest BCUT2D eigenvalue weighted by Gasteiger charge is -2.32. The lowest BCUT2D eigenvalue weighted by Crippen LogP contribution is -2.60. The predicted octanol–water partition coefficient (Wildman–Crippen LogP) is 1.74. The highest BCUT2D eigenvalue weighted by Crippen LogP contribution is 2.23. The summed E-state index contributed by atoms with van der Waals surface area (Å²) in [4.78, 5) is 87.6. The van der Waals surface area contributed by atoms with Crippen molar-refractivity contribution in [2.24, 2.45) is 11.7 Å². The Balaban J connectivity index is 1.49. The number of thioether (sulfide) groups is 1. The van der Waals surface area contributed by atoms with Crippen LogP contribution in [-0.4, -0.2) is 100 Å². The zero-order valence-corrected chi connectivity index (χ0v) is 31.9. The molecule has 6 atom stereocenters. The van der Waals surface area contributed by atoms with Crippen molar-refractivity contribution in [3.8, 4) is 0 Å². The molecule has 0 saturated carbocycles. The van der Waals surface area contributed by atoms with Crippen molar-refractivity contribution in [3.05, 3.63) is 66.4 Å². The SMILES string of the molecule is CC(C)C[C@H]1NC(=O)[C@H]2CCCN2C[C@@H](CSc2ccccc2)NC(=O)[C@H](CCC(N)=O)NC(=O)[C@H](Cc2c[nH]c3ccccc23)NC(=O)[C@@H](C)NC1=O. The molecule has 54 heavy (non-hydrogen) atoms. The van der Waals surface area contributed by atoms with Crippen molar-refractivity contribution in [1.82, 2.24) is 36.5 Å². The number of hydrogen-bond donors (Lipinski definition) is 7. The van der Waals surface area contributed by atoms with Gasteiger partial charge in [0.1, 0.15) is 24.2 Å². The average Bonchev–Trinajstić information content (AvgIpc) is 3.78. The van der Waals surface area contributed by atoms with Gasteiger partial charge in [-0.1, -0.05) is 50.2 Å². The van der Waals surface area contributed by atoms with Crippen LogP contribution in [0.3, 0.4) is 0 Å². The minimum absolute atomic E-state index is 0.0593. The Morgan fingerprint density at radius 1 is 0.833 bits per heavy atom. The molecule has 1 aromatic heterocycles. The highest BCUT2D eigenvalue weighted by Gasteiger charge is 2.37. The molecule has 0 aliphatic carbocycles. The molecule has 0 radical (unpaired) electrons. The molecule has 0 spiro atoms. The first-order valence-electron chi connectivity index (χ1n) is 18.6. The third-order valence-corrected chi connectivity index (χ3v) is 11.0. The van der Waals surface area contributed by atoms with E-state index in [1.165, 1.54) is 6.92 Å². The summed E-state index contributed by atoms with van der Waals surface area (Å²) in [5.41, 5.74) is 7.09. The molecule has 0 unspecified atom stereocenters. The van der Waals surface area contributed by atoms with E-state index >= 15 is 0 Å². The van der Waals surface area contributed by atoms with Crippen LogP contribution in [0.4, 0.5) is 0 Å². The van der Waals surface area contributed by atoms with Gasteiger partial charge in [-0.3, -0.25) is 33.7 Å². The maximum atomic E-state index is 14.2. The quantitative estimate of drug-likeness (QED) is 0.151. The van der Waals surface area contributed by atoms with E-state index in [9.17, 15) is 28.8 Å². The Bertz CT molecular complexity index is 1800. The van der Waals surface area contributed by atoms with Gasteiger partial charge in [-0.2, -0.15) is 0 Å². The van der Waals surface area contributed by atoms with Gasteiger partial charge in [-0.25, -0.2) is 0 Å². The van der Waals surface area contributed by atoms with Gasteiger partial charge < -0.3 is 37.3 Å². The minimum Gasteiger partial charge on any atom is -0.370 e. The Hall–Kier alpha value is -4.89. The maximum Gasteiger partial charge on any atom is 0.243 e. The number of rotatable bonds is 10. The average molecular weight is 761 g/mol. The van der Waals surface area contributed by atoms with E-state index in [-0.39, 0.29) is 31.1 Å². The van der Waals surface area contributed by atoms with Crippen LogP contribution in [-0.2, 0) is 35.2 Å². The smallest absolute Gasteiger partial charge is 0.243 e. The Morgan fingerprint density at radius 2 is 1.50 bits per heavy atom. The van der Waals surface area contributed by atoms with E-state index in [0.717, 1.165) is 27.8 Å². The van der Waals surface area contributed by atoms with E-state index < -0.39 is 65.8 Å². The van der Waals surface area contributed by atoms with Crippen LogP contribution in [0.2, 0.25) is 0 Å². The topological polar surface area (TPSA) is 208 Å². The second-order valence-corrected chi connectivity index (χ2v) is 15.7. The van der Waals surface area contributed by atoms with Gasteiger partial charge in [0.2, 0.25) is 35.4 Å². The number of para-hydroxylation sites is 1. The summed E-state index contributed by atoms with van der Waals surface area (Å²) in [6, 6.07) is 12.0. The molecule has 15 heteroatoms. The molecule has 6 amide bonds. The third-order valence-electron chi connectivity index (χ3n) is 9.80. The summed E-state index contributed by atoms with van der Waals surface area (Å²) in [7, 11) is 0. The molecule has 290 valence electrons. The number of nitrogens with zero attached hydrogens (tertiary/aromatic N) is 1. The number of nitrogens with two attached hydrogens (primary N) is 1. The number of fused-ring (bicyclic) bond motifs is 2. The van der Waals surface area contributed by atoms with E-state index in [2.05, 4.69) is 31.6 Å². The molecule has 2 aliphatic heterocycles. The minimum atomic E-state index is -1.17. The van der Waals surface area contributed by atoms with E-state index in [1.54, 1.807) is 18.0 Å². The molecular weight excluding hydrogens is 709 g/mol. The molecule has 3 heterocycles. The summed E-state index contributed by atoms with van der Waals surface area (Å²) in [6.07, 6.45) is 3.25. The fourth-order valence-corrected chi connectivity index (χ4v) is 7.92. The first-order chi connectivity index (χ1) is 25.9. The number of carbonyl (C=O) groups is 6. The molecular formula is C39H52N8O6S. The maximum absolute atomic E-state index is 14.2. The first kappa shape index (κ1) is 40.3. The van der Waals surface area contributed by atoms with Gasteiger partial charge >= 0.3 is 0 Å². The predicted molar refractivity (Wildman–Crippen MR) is 207 cm³/mol. The summed E-state index contributed by atoms with van der Waals surface area (Å²) in [5.74, 6) is -2.70. The van der Waals surface area contributed by atoms with E-state index in [0.29, 0.717) is 31.7 Å². The molecule has 2 aliphatic rings. The second-order valence-electron chi connectivity index (χ2n) is 14.6. The van der Waals surface area contributed by atoms with Gasteiger partial charge in [-0.15, -0.1) is 11.8 Å². The van der Waals surface area contributed by atoms with Gasteiger partial charge in [0.15, 0.2) is 0 Å². The van der Waals surface area contributed by atoms with Crippen molar-refractivity contribution < 1.29 is 28.8 Å². The molecule has 0 bridgehead atoms. The van der Waals surface area contributed by atoms with Gasteiger partial charge in [0.05, 0.1) is 12.1 Å². The second kappa shape index (κ2) is 18.9. The third kappa shape index (κ3) is 11.1. The Kier molecular flexibility index (Phi) is 14.1. The fourth-order valence-electron chi connectivity index (χ4n) is 6.98. The zero-order valence-electron chi connectivity index (χ0n) is 31.1. The standard InChI is InChI=1S/C39H52N8O6S/c1-23(2)18-31-37(51)42-24(3)35(49)45-32(19-25-20-41-29-13-8-7-12-28(25)29)38(52)44-30(15-16-34(40)48)36(50)43-26(22-54-27-10-5-4-6-11-27)21-47-17-9-14-33(47)39(53)46-31/h4-8,10-13,20,23-24,26,30-33,41H,9,14-19,21-22H2,1-3H3,(H2,40,48)(H,42,51)(H,43,50)(H,44,52)(H,45,49)(H,46,53)/t24-,26+,30+,31-,32+,33-/m1/s1. The van der Waals surface area contributed by atoms with E-state index in [4.69, 9.17) is 5.73 Å². The fraction of sp³-hybridized carbons (Fsp3) is 0.487. The van der Waals surface area contributed by atoms with Crippen molar-refractivity contribution >= 4 is 58.1 Å². The van der Waals surface area contributed by atoms with Crippen LogP contribution < -0.4 is 32.3 Å². The van der Waals surface area contributed by atoms with Gasteiger partial charge in [-0.05, 0) is 68.8 Å². The zero-order chi connectivity index (χ0) is 38.8. The van der Waals surface area contributed by atoms with Crippen LogP contribution in [0.15, 0.2) is 65.7 Å². The monoisotopic (exact) mass is 760 g/mol. The molecule has 3 aromatic rings.